The molecule has 1 aromatic heterocycles. The van der Waals surface area contributed by atoms with Gasteiger partial charge in [0, 0.05) is 50.1 Å². The number of imidazole rings is 1. The van der Waals surface area contributed by atoms with Crippen molar-refractivity contribution in [1.82, 2.24) is 19.8 Å². The van der Waals surface area contributed by atoms with Crippen molar-refractivity contribution in [3.8, 4) is 0 Å². The van der Waals surface area contributed by atoms with Gasteiger partial charge >= 0.3 is 0 Å². The maximum absolute atomic E-state index is 14.0. The number of rotatable bonds is 3. The van der Waals surface area contributed by atoms with E-state index in [1.807, 2.05) is 12.5 Å². The van der Waals surface area contributed by atoms with Crippen molar-refractivity contribution in [2.24, 2.45) is 10.9 Å². The third-order valence-electron chi connectivity index (χ3n) is 5.81. The van der Waals surface area contributed by atoms with E-state index in [2.05, 4.69) is 31.7 Å². The minimum absolute atomic E-state index is 0. The van der Waals surface area contributed by atoms with E-state index >= 15 is 0 Å². The Kier molecular flexibility index (Phi) is 6.57. The molecular weight excluding hydrogens is 475 g/mol. The summed E-state index contributed by atoms with van der Waals surface area (Å²) >= 11 is 0. The van der Waals surface area contributed by atoms with Crippen LogP contribution in [0.25, 0.3) is 0 Å². The van der Waals surface area contributed by atoms with Gasteiger partial charge in [0.15, 0.2) is 5.96 Å². The van der Waals surface area contributed by atoms with Gasteiger partial charge in [0.25, 0.3) is 0 Å². The number of nitrogens with one attached hydrogen (secondary N) is 1. The summed E-state index contributed by atoms with van der Waals surface area (Å²) in [6.45, 7) is 4.01. The molecule has 28 heavy (non-hydrogen) atoms. The first-order valence-corrected chi connectivity index (χ1v) is 9.48. The summed E-state index contributed by atoms with van der Waals surface area (Å²) in [5.74, 6) is 0.277. The minimum atomic E-state index is -0.466. The van der Waals surface area contributed by atoms with Crippen molar-refractivity contribution in [2.75, 3.05) is 20.1 Å². The zero-order chi connectivity index (χ0) is 19.0. The van der Waals surface area contributed by atoms with Gasteiger partial charge in [0.2, 0.25) is 0 Å². The second kappa shape index (κ2) is 8.75. The highest BCUT2D eigenvalue weighted by Crippen LogP contribution is 2.43. The molecule has 1 saturated heterocycles. The van der Waals surface area contributed by atoms with Gasteiger partial charge in [0.05, 0.1) is 12.4 Å². The highest BCUT2D eigenvalue weighted by Gasteiger charge is 2.43. The lowest BCUT2D eigenvalue weighted by molar-refractivity contribution is 0.189. The lowest BCUT2D eigenvalue weighted by atomic mass is 9.93. The van der Waals surface area contributed by atoms with Crippen LogP contribution in [0.4, 0.5) is 8.78 Å². The smallest absolute Gasteiger partial charge is 0.193 e. The number of likely N-dealkylation sites (tertiary alicyclic amines) is 1. The fraction of sp³-hybridized carbons (Fsp3) is 0.500. The van der Waals surface area contributed by atoms with Crippen LogP contribution >= 0.6 is 24.0 Å². The summed E-state index contributed by atoms with van der Waals surface area (Å²) in [4.78, 5) is 10.8. The van der Waals surface area contributed by atoms with Crippen molar-refractivity contribution in [2.45, 2.75) is 37.8 Å². The SMILES string of the molecule is CN=C(NC1CC1c1c(F)cccc1F)N1CCC(C)C(n2ccnc2)C1.I. The van der Waals surface area contributed by atoms with Gasteiger partial charge in [-0.15, -0.1) is 24.0 Å². The molecule has 2 fully saturated rings. The van der Waals surface area contributed by atoms with Crippen LogP contribution in [-0.4, -0.2) is 46.6 Å². The van der Waals surface area contributed by atoms with Gasteiger partial charge in [-0.25, -0.2) is 13.8 Å². The number of aromatic nitrogens is 2. The molecular formula is C20H26F2IN5. The zero-order valence-electron chi connectivity index (χ0n) is 16.1. The molecule has 0 spiro atoms. The second-order valence-electron chi connectivity index (χ2n) is 7.56. The molecule has 4 rings (SSSR count). The first kappa shape index (κ1) is 21.0. The summed E-state index contributed by atoms with van der Waals surface area (Å²) in [7, 11) is 1.76. The molecule has 1 aliphatic carbocycles. The largest absolute Gasteiger partial charge is 0.353 e. The molecule has 152 valence electrons. The van der Waals surface area contributed by atoms with Gasteiger partial charge in [0.1, 0.15) is 11.6 Å². The Morgan fingerprint density at radius 3 is 2.68 bits per heavy atom. The number of hydrogen-bond acceptors (Lipinski definition) is 2. The standard InChI is InChI=1S/C20H25F2N5.HI/c1-13-6-8-26(11-18(13)27-9-7-24-12-27)20(23-2)25-17-10-14(17)19-15(21)4-3-5-16(19)22;/h3-5,7,9,12-14,17-18H,6,8,10-11H2,1-2H3,(H,23,25);1H. The Bertz CT molecular complexity index is 806. The molecule has 2 aromatic rings. The Morgan fingerprint density at radius 2 is 2.04 bits per heavy atom. The van der Waals surface area contributed by atoms with Crippen LogP contribution in [0.3, 0.4) is 0 Å². The molecule has 8 heteroatoms. The second-order valence-corrected chi connectivity index (χ2v) is 7.56. The lowest BCUT2D eigenvalue weighted by Crippen LogP contribution is -2.49. The molecule has 1 saturated carbocycles. The van der Waals surface area contributed by atoms with Crippen molar-refractivity contribution >= 4 is 29.9 Å². The predicted octanol–water partition coefficient (Wildman–Crippen LogP) is 3.79. The number of benzene rings is 1. The van der Waals surface area contributed by atoms with Gasteiger partial charge in [-0.05, 0) is 30.9 Å². The van der Waals surface area contributed by atoms with Crippen LogP contribution in [-0.2, 0) is 0 Å². The number of piperidine rings is 1. The summed E-state index contributed by atoms with van der Waals surface area (Å²) in [6, 6.07) is 4.40. The van der Waals surface area contributed by atoms with E-state index in [0.29, 0.717) is 18.4 Å². The Labute approximate surface area is 181 Å². The first-order chi connectivity index (χ1) is 13.1. The average molecular weight is 501 g/mol. The van der Waals surface area contributed by atoms with Crippen molar-refractivity contribution in [3.05, 3.63) is 54.1 Å². The highest BCUT2D eigenvalue weighted by molar-refractivity contribution is 14.0. The predicted molar refractivity (Wildman–Crippen MR) is 116 cm³/mol. The van der Waals surface area contributed by atoms with Gasteiger partial charge in [-0.1, -0.05) is 13.0 Å². The van der Waals surface area contributed by atoms with E-state index in [9.17, 15) is 8.78 Å². The van der Waals surface area contributed by atoms with Crippen LogP contribution in [0.1, 0.15) is 37.3 Å². The number of hydrogen-bond donors (Lipinski definition) is 1. The molecule has 1 N–H and O–H groups in total. The third kappa shape index (κ3) is 4.16. The fourth-order valence-corrected chi connectivity index (χ4v) is 4.10. The molecule has 5 nitrogen and oxygen atoms in total. The molecule has 0 amide bonds. The molecule has 4 atom stereocenters. The van der Waals surface area contributed by atoms with E-state index in [1.165, 1.54) is 18.2 Å². The summed E-state index contributed by atoms with van der Waals surface area (Å²) in [6.07, 6.45) is 7.43. The minimum Gasteiger partial charge on any atom is -0.353 e. The van der Waals surface area contributed by atoms with Crippen molar-refractivity contribution < 1.29 is 8.78 Å². The number of guanidine groups is 1. The monoisotopic (exact) mass is 501 g/mol. The normalized spacial score (nSPS) is 27.3. The van der Waals surface area contributed by atoms with Crippen LogP contribution in [0.15, 0.2) is 41.9 Å². The Balaban J connectivity index is 0.00000225. The summed E-state index contributed by atoms with van der Waals surface area (Å²) in [5.41, 5.74) is 0.189. The highest BCUT2D eigenvalue weighted by atomic mass is 127. The van der Waals surface area contributed by atoms with Gasteiger partial charge < -0.3 is 14.8 Å². The first-order valence-electron chi connectivity index (χ1n) is 9.48. The maximum Gasteiger partial charge on any atom is 0.193 e. The van der Waals surface area contributed by atoms with Crippen molar-refractivity contribution in [1.29, 1.82) is 0 Å². The van der Waals surface area contributed by atoms with E-state index in [0.717, 1.165) is 25.5 Å². The number of aliphatic imine (C=N–C) groups is 1. The molecule has 0 bridgehead atoms. The van der Waals surface area contributed by atoms with Crippen LogP contribution in [0.2, 0.25) is 0 Å². The Hall–Kier alpha value is -1.71. The van der Waals surface area contributed by atoms with E-state index in [-0.39, 0.29) is 41.5 Å². The summed E-state index contributed by atoms with van der Waals surface area (Å²) in [5, 5.41) is 3.41. The molecule has 0 radical (unpaired) electrons. The molecule has 1 aromatic carbocycles. The number of nitrogens with zero attached hydrogens (tertiary/aromatic N) is 4. The Morgan fingerprint density at radius 1 is 1.29 bits per heavy atom. The third-order valence-corrected chi connectivity index (χ3v) is 5.81. The maximum atomic E-state index is 14.0. The van der Waals surface area contributed by atoms with Crippen molar-refractivity contribution in [3.63, 3.8) is 0 Å². The van der Waals surface area contributed by atoms with E-state index in [4.69, 9.17) is 0 Å². The number of halogens is 3. The lowest BCUT2D eigenvalue weighted by Gasteiger charge is -2.39. The van der Waals surface area contributed by atoms with Crippen LogP contribution < -0.4 is 5.32 Å². The molecule has 4 unspecified atom stereocenters. The molecule has 2 aliphatic rings. The fourth-order valence-electron chi connectivity index (χ4n) is 4.10. The topological polar surface area (TPSA) is 45.5 Å². The summed E-state index contributed by atoms with van der Waals surface area (Å²) < 4.78 is 30.2. The molecule has 1 aliphatic heterocycles. The van der Waals surface area contributed by atoms with E-state index < -0.39 is 11.6 Å². The zero-order valence-corrected chi connectivity index (χ0v) is 18.4. The van der Waals surface area contributed by atoms with Crippen LogP contribution in [0.5, 0.6) is 0 Å². The quantitative estimate of drug-likeness (QED) is 0.396. The van der Waals surface area contributed by atoms with Crippen LogP contribution in [0, 0.1) is 17.6 Å². The van der Waals surface area contributed by atoms with E-state index in [1.54, 1.807) is 13.2 Å². The average Bonchev–Trinajstić information content (AvgIpc) is 3.17. The molecule has 2 heterocycles. The van der Waals surface area contributed by atoms with Gasteiger partial charge in [-0.3, -0.25) is 4.99 Å². The van der Waals surface area contributed by atoms with Gasteiger partial charge in [-0.2, -0.15) is 0 Å².